The molecule has 0 spiro atoms. The molecule has 4 heteroatoms. The largest absolute Gasteiger partial charge is 0.205 e. The van der Waals surface area contributed by atoms with Crippen molar-refractivity contribution in [3.05, 3.63) is 67.4 Å². The van der Waals surface area contributed by atoms with E-state index in [1.807, 2.05) is 25.1 Å². The Hall–Kier alpha value is -0.760. The monoisotopic (exact) mass is 330 g/mol. The Bertz CT molecular complexity index is 593. The van der Waals surface area contributed by atoms with E-state index >= 15 is 0 Å². The summed E-state index contributed by atoms with van der Waals surface area (Å²) in [5.74, 6) is -0.350. The third-order valence-electron chi connectivity index (χ3n) is 3.37. The Kier molecular flexibility index (Phi) is 4.95. The van der Waals surface area contributed by atoms with Crippen molar-refractivity contribution >= 4 is 34.8 Å². The van der Waals surface area contributed by atoms with Gasteiger partial charge in [-0.2, -0.15) is 0 Å². The summed E-state index contributed by atoms with van der Waals surface area (Å²) in [5, 5.41) is 1.33. The Morgan fingerprint density at radius 2 is 1.25 bits per heavy atom. The van der Waals surface area contributed by atoms with Crippen LogP contribution in [-0.2, 0) is 12.8 Å². The molecule has 0 amide bonds. The predicted molar refractivity (Wildman–Crippen MR) is 84.8 cm³/mol. The van der Waals surface area contributed by atoms with E-state index in [4.69, 9.17) is 34.8 Å². The van der Waals surface area contributed by atoms with Crippen LogP contribution in [0.15, 0.2) is 24.3 Å². The molecule has 0 saturated carbocycles. The van der Waals surface area contributed by atoms with Crippen molar-refractivity contribution in [2.45, 2.75) is 26.7 Å². The van der Waals surface area contributed by atoms with E-state index in [1.54, 1.807) is 13.0 Å². The molecule has 0 N–H and O–H groups in total. The molecule has 0 fully saturated rings. The maximum atomic E-state index is 13.7. The summed E-state index contributed by atoms with van der Waals surface area (Å²) in [6, 6.07) is 7.47. The summed E-state index contributed by atoms with van der Waals surface area (Å²) in [6.45, 7) is 3.60. The molecule has 106 valence electrons. The standard InChI is InChI=1S/C16H14Cl3F/c1-9-3-5-11(14(18)13(9)17)7-8-12-6-4-10(2)16(20)15(12)19/h3-6H,7-8H2,1-2H3. The molecule has 0 bridgehead atoms. The molecule has 0 atom stereocenters. The van der Waals surface area contributed by atoms with Gasteiger partial charge in [0.1, 0.15) is 5.82 Å². The summed E-state index contributed by atoms with van der Waals surface area (Å²) in [6.07, 6.45) is 1.29. The molecule has 20 heavy (non-hydrogen) atoms. The number of hydrogen-bond donors (Lipinski definition) is 0. The first-order chi connectivity index (χ1) is 9.41. The van der Waals surface area contributed by atoms with E-state index in [-0.39, 0.29) is 10.8 Å². The van der Waals surface area contributed by atoms with Gasteiger partial charge in [0.05, 0.1) is 15.1 Å². The van der Waals surface area contributed by atoms with Gasteiger partial charge in [-0.15, -0.1) is 0 Å². The molecule has 0 heterocycles. The van der Waals surface area contributed by atoms with Crippen molar-refractivity contribution in [1.82, 2.24) is 0 Å². The van der Waals surface area contributed by atoms with Crippen LogP contribution in [-0.4, -0.2) is 0 Å². The molecule has 2 aromatic rings. The first-order valence-corrected chi connectivity index (χ1v) is 7.42. The van der Waals surface area contributed by atoms with Crippen LogP contribution in [0.4, 0.5) is 4.39 Å². The summed E-state index contributed by atoms with van der Waals surface area (Å²) < 4.78 is 13.7. The zero-order chi connectivity index (χ0) is 14.9. The number of halogens is 4. The van der Waals surface area contributed by atoms with Crippen LogP contribution >= 0.6 is 34.8 Å². The molecule has 2 aromatic carbocycles. The van der Waals surface area contributed by atoms with Gasteiger partial charge in [0, 0.05) is 0 Å². The van der Waals surface area contributed by atoms with Crippen molar-refractivity contribution in [2.75, 3.05) is 0 Å². The van der Waals surface area contributed by atoms with E-state index < -0.39 is 0 Å². The molecule has 0 unspecified atom stereocenters. The van der Waals surface area contributed by atoms with Gasteiger partial charge in [0.15, 0.2) is 0 Å². The fourth-order valence-electron chi connectivity index (χ4n) is 2.03. The van der Waals surface area contributed by atoms with Gasteiger partial charge in [-0.1, -0.05) is 59.1 Å². The fourth-order valence-corrected chi connectivity index (χ4v) is 2.82. The topological polar surface area (TPSA) is 0 Å². The normalized spacial score (nSPS) is 10.9. The van der Waals surface area contributed by atoms with E-state index in [9.17, 15) is 4.39 Å². The third kappa shape index (κ3) is 3.11. The highest BCUT2D eigenvalue weighted by Crippen LogP contribution is 2.31. The van der Waals surface area contributed by atoms with Crippen LogP contribution < -0.4 is 0 Å². The number of rotatable bonds is 3. The van der Waals surface area contributed by atoms with Crippen molar-refractivity contribution in [3.63, 3.8) is 0 Å². The molecule has 0 nitrogen and oxygen atoms in total. The molecule has 0 radical (unpaired) electrons. The lowest BCUT2D eigenvalue weighted by Crippen LogP contribution is -1.97. The van der Waals surface area contributed by atoms with Gasteiger partial charge < -0.3 is 0 Å². The van der Waals surface area contributed by atoms with Crippen LogP contribution in [0.2, 0.25) is 15.1 Å². The SMILES string of the molecule is Cc1ccc(CCc2ccc(C)c(Cl)c2Cl)c(Cl)c1F. The number of hydrogen-bond acceptors (Lipinski definition) is 0. The first kappa shape index (κ1) is 15.6. The lowest BCUT2D eigenvalue weighted by atomic mass is 10.0. The molecule has 0 saturated heterocycles. The average Bonchev–Trinajstić information content (AvgIpc) is 2.43. The lowest BCUT2D eigenvalue weighted by Gasteiger charge is -2.10. The molecular weight excluding hydrogens is 318 g/mol. The van der Waals surface area contributed by atoms with Crippen LogP contribution in [0.25, 0.3) is 0 Å². The summed E-state index contributed by atoms with van der Waals surface area (Å²) in [5.41, 5.74) is 3.22. The van der Waals surface area contributed by atoms with Gasteiger partial charge in [-0.05, 0) is 48.9 Å². The summed E-state index contributed by atoms with van der Waals surface area (Å²) in [4.78, 5) is 0. The highest BCUT2D eigenvalue weighted by molar-refractivity contribution is 6.43. The summed E-state index contributed by atoms with van der Waals surface area (Å²) in [7, 11) is 0. The molecule has 2 rings (SSSR count). The van der Waals surface area contributed by atoms with Gasteiger partial charge in [-0.25, -0.2) is 4.39 Å². The second-order valence-electron chi connectivity index (χ2n) is 4.84. The van der Waals surface area contributed by atoms with Gasteiger partial charge >= 0.3 is 0 Å². The fraction of sp³-hybridized carbons (Fsp3) is 0.250. The minimum atomic E-state index is -0.350. The Morgan fingerprint density at radius 1 is 0.750 bits per heavy atom. The molecule has 0 aliphatic carbocycles. The minimum absolute atomic E-state index is 0.194. The van der Waals surface area contributed by atoms with Gasteiger partial charge in [0.2, 0.25) is 0 Å². The molecular formula is C16H14Cl3F. The van der Waals surface area contributed by atoms with E-state index in [0.29, 0.717) is 28.5 Å². The van der Waals surface area contributed by atoms with Gasteiger partial charge in [-0.3, -0.25) is 0 Å². The maximum Gasteiger partial charge on any atom is 0.144 e. The van der Waals surface area contributed by atoms with Crippen LogP contribution in [0.5, 0.6) is 0 Å². The van der Waals surface area contributed by atoms with Crippen molar-refractivity contribution in [2.24, 2.45) is 0 Å². The summed E-state index contributed by atoms with van der Waals surface area (Å²) >= 11 is 18.4. The average molecular weight is 332 g/mol. The van der Waals surface area contributed by atoms with E-state index in [1.165, 1.54) is 0 Å². The Morgan fingerprint density at radius 3 is 1.85 bits per heavy atom. The van der Waals surface area contributed by atoms with Gasteiger partial charge in [0.25, 0.3) is 0 Å². The number of benzene rings is 2. The van der Waals surface area contributed by atoms with E-state index in [0.717, 1.165) is 16.7 Å². The zero-order valence-electron chi connectivity index (χ0n) is 11.2. The Balaban J connectivity index is 2.22. The van der Waals surface area contributed by atoms with Crippen molar-refractivity contribution < 1.29 is 4.39 Å². The third-order valence-corrected chi connectivity index (χ3v) is 4.80. The maximum absolute atomic E-state index is 13.7. The first-order valence-electron chi connectivity index (χ1n) is 6.28. The lowest BCUT2D eigenvalue weighted by molar-refractivity contribution is 0.616. The zero-order valence-corrected chi connectivity index (χ0v) is 13.5. The van der Waals surface area contributed by atoms with Crippen LogP contribution in [0, 0.1) is 19.7 Å². The number of aryl methyl sites for hydroxylation is 4. The van der Waals surface area contributed by atoms with Crippen molar-refractivity contribution in [1.29, 1.82) is 0 Å². The van der Waals surface area contributed by atoms with Crippen molar-refractivity contribution in [3.8, 4) is 0 Å². The molecule has 0 aliphatic heterocycles. The van der Waals surface area contributed by atoms with Crippen LogP contribution in [0.3, 0.4) is 0 Å². The Labute approximate surface area is 133 Å². The van der Waals surface area contributed by atoms with Crippen LogP contribution in [0.1, 0.15) is 22.3 Å². The highest BCUT2D eigenvalue weighted by Gasteiger charge is 2.11. The molecule has 0 aromatic heterocycles. The second kappa shape index (κ2) is 6.34. The second-order valence-corrected chi connectivity index (χ2v) is 5.97. The highest BCUT2D eigenvalue weighted by atomic mass is 35.5. The molecule has 0 aliphatic rings. The van der Waals surface area contributed by atoms with E-state index in [2.05, 4.69) is 0 Å². The predicted octanol–water partition coefficient (Wildman–Crippen LogP) is 6.19. The smallest absolute Gasteiger partial charge is 0.144 e. The minimum Gasteiger partial charge on any atom is -0.205 e. The quantitative estimate of drug-likeness (QED) is 0.629.